The van der Waals surface area contributed by atoms with Crippen LogP contribution < -0.4 is 16.4 Å². The normalized spacial score (nSPS) is 34.3. The van der Waals surface area contributed by atoms with Gasteiger partial charge in [0.25, 0.3) is 0 Å². The van der Waals surface area contributed by atoms with E-state index in [4.69, 9.17) is 17.3 Å². The molecule has 0 aromatic carbocycles. The lowest BCUT2D eigenvalue weighted by atomic mass is 10.4. The van der Waals surface area contributed by atoms with E-state index in [0.717, 1.165) is 3.70 Å². The van der Waals surface area contributed by atoms with Gasteiger partial charge in [-0.1, -0.05) is 11.6 Å². The van der Waals surface area contributed by atoms with Crippen molar-refractivity contribution in [2.45, 2.75) is 11.7 Å². The molecule has 0 spiro atoms. The lowest BCUT2D eigenvalue weighted by Crippen LogP contribution is -2.51. The predicted octanol–water partition coefficient (Wildman–Crippen LogP) is 0.263. The van der Waals surface area contributed by atoms with E-state index in [-0.39, 0.29) is 11.7 Å². The van der Waals surface area contributed by atoms with Gasteiger partial charge in [-0.25, -0.2) is 0 Å². The zero-order valence-electron chi connectivity index (χ0n) is 4.57. The summed E-state index contributed by atoms with van der Waals surface area (Å²) in [5, 5.41) is 5.85. The summed E-state index contributed by atoms with van der Waals surface area (Å²) in [5.74, 6) is 0. The number of hydrogen-bond acceptors (Lipinski definition) is 3. The molecule has 1 heterocycles. The topological polar surface area (TPSA) is 50.1 Å². The molecule has 0 saturated carbocycles. The van der Waals surface area contributed by atoms with Crippen molar-refractivity contribution in [3.63, 3.8) is 0 Å². The summed E-state index contributed by atoms with van der Waals surface area (Å²) in [6, 6.07) is 0. The maximum absolute atomic E-state index is 5.72. The van der Waals surface area contributed by atoms with E-state index in [9.17, 15) is 0 Å². The minimum atomic E-state index is -0.207. The Balaban J connectivity index is 2.54. The van der Waals surface area contributed by atoms with Crippen LogP contribution in [-0.4, -0.2) is 11.7 Å². The molecular weight excluding hydrogens is 252 g/mol. The van der Waals surface area contributed by atoms with Gasteiger partial charge >= 0.3 is 0 Å². The fourth-order valence-corrected chi connectivity index (χ4v) is 1.41. The van der Waals surface area contributed by atoms with Gasteiger partial charge in [-0.2, -0.15) is 0 Å². The van der Waals surface area contributed by atoms with Crippen molar-refractivity contribution >= 4 is 34.2 Å². The van der Waals surface area contributed by atoms with Crippen molar-refractivity contribution in [1.29, 1.82) is 0 Å². The van der Waals surface area contributed by atoms with Gasteiger partial charge in [0.1, 0.15) is 11.7 Å². The highest BCUT2D eigenvalue weighted by molar-refractivity contribution is 14.1. The van der Waals surface area contributed by atoms with Gasteiger partial charge in [0, 0.05) is 6.20 Å². The second-order valence-corrected chi connectivity index (χ2v) is 3.36. The third kappa shape index (κ3) is 1.87. The molecule has 0 aromatic rings. The number of rotatable bonds is 0. The van der Waals surface area contributed by atoms with Crippen molar-refractivity contribution in [2.75, 3.05) is 0 Å². The molecule has 9 heavy (non-hydrogen) atoms. The summed E-state index contributed by atoms with van der Waals surface area (Å²) < 4.78 is 0.981. The van der Waals surface area contributed by atoms with Crippen molar-refractivity contribution in [2.24, 2.45) is 5.73 Å². The van der Waals surface area contributed by atoms with Gasteiger partial charge in [-0.15, -0.1) is 0 Å². The lowest BCUT2D eigenvalue weighted by Gasteiger charge is -2.24. The lowest BCUT2D eigenvalue weighted by molar-refractivity contribution is 0.514. The Morgan fingerprint density at radius 2 is 2.44 bits per heavy atom. The Bertz CT molecular complexity index is 138. The fraction of sp³-hybridized carbons (Fsp3) is 0.500. The van der Waals surface area contributed by atoms with Crippen LogP contribution in [0.2, 0.25) is 0 Å². The third-order valence-electron chi connectivity index (χ3n) is 0.994. The molecule has 52 valence electrons. The van der Waals surface area contributed by atoms with E-state index in [0.29, 0.717) is 0 Å². The molecule has 0 fully saturated rings. The van der Waals surface area contributed by atoms with Gasteiger partial charge in [0.05, 0.1) is 3.70 Å². The van der Waals surface area contributed by atoms with Crippen LogP contribution in [0.5, 0.6) is 0 Å². The van der Waals surface area contributed by atoms with Gasteiger partial charge in [0.2, 0.25) is 0 Å². The molecule has 0 saturated heterocycles. The highest BCUT2D eigenvalue weighted by Crippen LogP contribution is 2.08. The highest BCUT2D eigenvalue weighted by atomic mass is 127. The molecule has 2 unspecified atom stereocenters. The van der Waals surface area contributed by atoms with Crippen LogP contribution in [0.25, 0.3) is 0 Å². The zero-order chi connectivity index (χ0) is 6.85. The van der Waals surface area contributed by atoms with Crippen molar-refractivity contribution < 1.29 is 0 Å². The van der Waals surface area contributed by atoms with E-state index < -0.39 is 0 Å². The maximum Gasteiger partial charge on any atom is 0.135 e. The molecular formula is C4H7ClIN3. The van der Waals surface area contributed by atoms with Crippen LogP contribution in [0.15, 0.2) is 9.90 Å². The largest absolute Gasteiger partial charge is 0.371 e. The number of nitrogens with two attached hydrogens (primary N) is 1. The van der Waals surface area contributed by atoms with E-state index in [1.165, 1.54) is 0 Å². The number of alkyl halides is 1. The number of nitrogens with one attached hydrogen (secondary N) is 2. The van der Waals surface area contributed by atoms with Crippen LogP contribution in [-0.2, 0) is 0 Å². The maximum atomic E-state index is 5.72. The molecule has 1 rings (SSSR count). The average molecular weight is 259 g/mol. The quantitative estimate of drug-likeness (QED) is 0.332. The van der Waals surface area contributed by atoms with Gasteiger partial charge in [-0.05, 0) is 22.6 Å². The first-order valence-corrected chi connectivity index (χ1v) is 3.99. The van der Waals surface area contributed by atoms with E-state index in [1.54, 1.807) is 6.20 Å². The molecule has 0 aliphatic carbocycles. The Hall–Kier alpha value is 0.320. The smallest absolute Gasteiger partial charge is 0.135 e. The zero-order valence-corrected chi connectivity index (χ0v) is 7.48. The first kappa shape index (κ1) is 7.43. The van der Waals surface area contributed by atoms with Crippen LogP contribution >= 0.6 is 34.2 Å². The third-order valence-corrected chi connectivity index (χ3v) is 2.00. The molecule has 0 aromatic heterocycles. The Morgan fingerprint density at radius 1 is 1.78 bits per heavy atom. The predicted molar refractivity (Wildman–Crippen MR) is 46.0 cm³/mol. The standard InChI is InChI=1S/C4H7ClIN3/c5-3-4(7)8-1-2(6)9-3/h1,3-4,8-9H,7H2. The minimum absolute atomic E-state index is 0.190. The minimum Gasteiger partial charge on any atom is -0.371 e. The van der Waals surface area contributed by atoms with Gasteiger partial charge in [-0.3, -0.25) is 0 Å². The summed E-state index contributed by atoms with van der Waals surface area (Å²) >= 11 is 7.85. The Kier molecular flexibility index (Phi) is 2.42. The molecule has 2 atom stereocenters. The molecule has 0 radical (unpaired) electrons. The summed E-state index contributed by atoms with van der Waals surface area (Å²) in [6.07, 6.45) is 1.61. The van der Waals surface area contributed by atoms with Gasteiger partial charge < -0.3 is 16.4 Å². The second-order valence-electron chi connectivity index (χ2n) is 1.73. The van der Waals surface area contributed by atoms with Crippen molar-refractivity contribution in [3.8, 4) is 0 Å². The highest BCUT2D eigenvalue weighted by Gasteiger charge is 2.16. The molecule has 0 bridgehead atoms. The Labute approximate surface area is 72.1 Å². The SMILES string of the molecule is NC1NC=C(I)NC1Cl. The van der Waals surface area contributed by atoms with E-state index >= 15 is 0 Å². The average Bonchev–Trinajstić information content (AvgIpc) is 1.80. The molecule has 3 nitrogen and oxygen atoms in total. The summed E-state index contributed by atoms with van der Waals surface area (Å²) in [5.41, 5.74) is 5.28. The molecule has 0 amide bonds. The molecule has 4 N–H and O–H groups in total. The summed E-state index contributed by atoms with van der Waals surface area (Å²) in [6.45, 7) is 0. The molecule has 5 heteroatoms. The number of hydrogen-bond donors (Lipinski definition) is 3. The molecule has 1 aliphatic heterocycles. The van der Waals surface area contributed by atoms with E-state index in [1.807, 2.05) is 0 Å². The van der Waals surface area contributed by atoms with Crippen molar-refractivity contribution in [1.82, 2.24) is 10.6 Å². The van der Waals surface area contributed by atoms with Crippen LogP contribution in [0.1, 0.15) is 0 Å². The first-order chi connectivity index (χ1) is 4.20. The Morgan fingerprint density at radius 3 is 2.89 bits per heavy atom. The monoisotopic (exact) mass is 259 g/mol. The first-order valence-electron chi connectivity index (χ1n) is 2.48. The molecule has 1 aliphatic rings. The number of halogens is 2. The van der Waals surface area contributed by atoms with Gasteiger partial charge in [0.15, 0.2) is 0 Å². The van der Waals surface area contributed by atoms with Crippen LogP contribution in [0.4, 0.5) is 0 Å². The van der Waals surface area contributed by atoms with Crippen LogP contribution in [0.3, 0.4) is 0 Å². The fourth-order valence-electron chi connectivity index (χ4n) is 0.517. The second kappa shape index (κ2) is 2.94. The summed E-state index contributed by atoms with van der Waals surface area (Å²) in [7, 11) is 0. The van der Waals surface area contributed by atoms with Crippen molar-refractivity contribution in [3.05, 3.63) is 9.90 Å². The van der Waals surface area contributed by atoms with E-state index in [2.05, 4.69) is 33.2 Å². The van der Waals surface area contributed by atoms with Crippen LogP contribution in [0, 0.1) is 0 Å². The summed E-state index contributed by atoms with van der Waals surface area (Å²) in [4.78, 5) is 0.